The molecule has 0 spiro atoms. The van der Waals surface area contributed by atoms with E-state index in [9.17, 15) is 14.9 Å². The summed E-state index contributed by atoms with van der Waals surface area (Å²) < 4.78 is 1.72. The minimum absolute atomic E-state index is 0.120. The molecule has 30 heavy (non-hydrogen) atoms. The fourth-order valence-corrected chi connectivity index (χ4v) is 3.37. The summed E-state index contributed by atoms with van der Waals surface area (Å²) in [6.45, 7) is 5.63. The Hall–Kier alpha value is -3.21. The van der Waals surface area contributed by atoms with Gasteiger partial charge in [0.1, 0.15) is 5.82 Å². The molecule has 0 aliphatic rings. The molecule has 1 aromatic carbocycles. The van der Waals surface area contributed by atoms with Gasteiger partial charge < -0.3 is 10.6 Å². The van der Waals surface area contributed by atoms with Gasteiger partial charge in [-0.25, -0.2) is 14.6 Å². The summed E-state index contributed by atoms with van der Waals surface area (Å²) in [5, 5.41) is 22.9. The smallest absolute Gasteiger partial charge is 0.270 e. The van der Waals surface area contributed by atoms with Crippen molar-refractivity contribution >= 4 is 40.2 Å². The Morgan fingerprint density at radius 2 is 2.10 bits per heavy atom. The number of nitro groups is 1. The Kier molecular flexibility index (Phi) is 7.17. The van der Waals surface area contributed by atoms with E-state index in [0.29, 0.717) is 23.9 Å². The highest BCUT2D eigenvalue weighted by atomic mass is 32.2. The number of thioether (sulfide) groups is 1. The SMILES string of the molecule is CCCNc1nc(SCC)nc2c1cnn2CCNC(=O)c1cccc([N+](=O)[O-])c1. The molecule has 0 aliphatic carbocycles. The summed E-state index contributed by atoms with van der Waals surface area (Å²) in [6.07, 6.45) is 2.69. The molecule has 11 heteroatoms. The molecule has 0 unspecified atom stereocenters. The quantitative estimate of drug-likeness (QED) is 0.218. The van der Waals surface area contributed by atoms with Crippen LogP contribution in [0.1, 0.15) is 30.6 Å². The number of fused-ring (bicyclic) bond motifs is 1. The van der Waals surface area contributed by atoms with Crippen LogP contribution in [0, 0.1) is 10.1 Å². The molecule has 2 heterocycles. The number of nitro benzene ring substituents is 1. The maximum absolute atomic E-state index is 12.3. The number of non-ortho nitro benzene ring substituents is 1. The van der Waals surface area contributed by atoms with Crippen molar-refractivity contribution in [3.63, 3.8) is 0 Å². The predicted octanol–water partition coefficient (Wildman–Crippen LogP) is 3.10. The first-order valence-electron chi connectivity index (χ1n) is 9.66. The van der Waals surface area contributed by atoms with Gasteiger partial charge in [-0.3, -0.25) is 14.9 Å². The van der Waals surface area contributed by atoms with Gasteiger partial charge in [-0.15, -0.1) is 0 Å². The fourth-order valence-electron chi connectivity index (χ4n) is 2.81. The summed E-state index contributed by atoms with van der Waals surface area (Å²) in [5.74, 6) is 1.23. The number of rotatable bonds is 10. The first-order valence-corrected chi connectivity index (χ1v) is 10.6. The molecule has 0 radical (unpaired) electrons. The van der Waals surface area contributed by atoms with Gasteiger partial charge in [0.05, 0.1) is 23.1 Å². The lowest BCUT2D eigenvalue weighted by molar-refractivity contribution is -0.384. The van der Waals surface area contributed by atoms with E-state index in [1.54, 1.807) is 28.7 Å². The third-order valence-corrected chi connectivity index (χ3v) is 4.95. The van der Waals surface area contributed by atoms with Gasteiger partial charge in [-0.05, 0) is 18.2 Å². The molecule has 2 aromatic heterocycles. The molecule has 0 saturated carbocycles. The molecule has 0 fully saturated rings. The monoisotopic (exact) mass is 429 g/mol. The topological polar surface area (TPSA) is 128 Å². The highest BCUT2D eigenvalue weighted by molar-refractivity contribution is 7.99. The average molecular weight is 430 g/mol. The van der Waals surface area contributed by atoms with E-state index < -0.39 is 4.92 Å². The maximum atomic E-state index is 12.3. The minimum Gasteiger partial charge on any atom is -0.369 e. The first kappa shape index (κ1) is 21.5. The van der Waals surface area contributed by atoms with Crippen molar-refractivity contribution in [3.05, 3.63) is 46.1 Å². The standard InChI is InChI=1S/C19H23N7O3S/c1-3-8-20-16-15-12-22-25(17(15)24-19(23-16)30-4-2)10-9-21-18(27)13-6-5-7-14(11-13)26(28)29/h5-7,11-12H,3-4,8-10H2,1-2H3,(H,21,27)(H,20,23,24). The summed E-state index contributed by atoms with van der Waals surface area (Å²) in [5.41, 5.74) is 0.819. The third-order valence-electron chi connectivity index (χ3n) is 4.22. The Labute approximate surface area is 177 Å². The van der Waals surface area contributed by atoms with Gasteiger partial charge in [0.15, 0.2) is 10.8 Å². The number of carbonyl (C=O) groups excluding carboxylic acids is 1. The molecule has 0 bridgehead atoms. The van der Waals surface area contributed by atoms with Crippen molar-refractivity contribution in [2.24, 2.45) is 0 Å². The zero-order chi connectivity index (χ0) is 21.5. The van der Waals surface area contributed by atoms with Crippen LogP contribution < -0.4 is 10.6 Å². The Bertz CT molecular complexity index is 1050. The number of aromatic nitrogens is 4. The van der Waals surface area contributed by atoms with Gasteiger partial charge in [-0.2, -0.15) is 5.10 Å². The minimum atomic E-state index is -0.525. The second kappa shape index (κ2) is 10.0. The summed E-state index contributed by atoms with van der Waals surface area (Å²) in [6, 6.07) is 5.63. The molecular weight excluding hydrogens is 406 g/mol. The van der Waals surface area contributed by atoms with Gasteiger partial charge in [0.2, 0.25) is 0 Å². The van der Waals surface area contributed by atoms with Crippen molar-refractivity contribution in [2.45, 2.75) is 32.0 Å². The second-order valence-electron chi connectivity index (χ2n) is 6.38. The molecule has 3 rings (SSSR count). The lowest BCUT2D eigenvalue weighted by Gasteiger charge is -2.09. The van der Waals surface area contributed by atoms with E-state index in [1.807, 2.05) is 6.92 Å². The van der Waals surface area contributed by atoms with Gasteiger partial charge >= 0.3 is 0 Å². The molecule has 0 saturated heterocycles. The zero-order valence-corrected chi connectivity index (χ0v) is 17.6. The van der Waals surface area contributed by atoms with Crippen LogP contribution >= 0.6 is 11.8 Å². The van der Waals surface area contributed by atoms with E-state index in [2.05, 4.69) is 32.6 Å². The van der Waals surface area contributed by atoms with Crippen LogP contribution in [0.5, 0.6) is 0 Å². The first-order chi connectivity index (χ1) is 14.5. The van der Waals surface area contributed by atoms with Crippen molar-refractivity contribution in [2.75, 3.05) is 24.2 Å². The molecule has 158 valence electrons. The largest absolute Gasteiger partial charge is 0.369 e. The number of nitrogens with zero attached hydrogens (tertiary/aromatic N) is 5. The third kappa shape index (κ3) is 5.03. The summed E-state index contributed by atoms with van der Waals surface area (Å²) in [7, 11) is 0. The van der Waals surface area contributed by atoms with Crippen molar-refractivity contribution in [1.82, 2.24) is 25.1 Å². The maximum Gasteiger partial charge on any atom is 0.270 e. The van der Waals surface area contributed by atoms with E-state index >= 15 is 0 Å². The number of hydrogen-bond donors (Lipinski definition) is 2. The summed E-state index contributed by atoms with van der Waals surface area (Å²) >= 11 is 1.55. The number of anilines is 1. The normalized spacial score (nSPS) is 10.9. The van der Waals surface area contributed by atoms with Gasteiger partial charge in [0, 0.05) is 30.8 Å². The van der Waals surface area contributed by atoms with Crippen LogP contribution in [0.15, 0.2) is 35.6 Å². The molecule has 1 amide bonds. The van der Waals surface area contributed by atoms with Gasteiger partial charge in [-0.1, -0.05) is 31.7 Å². The van der Waals surface area contributed by atoms with Crippen molar-refractivity contribution < 1.29 is 9.72 Å². The van der Waals surface area contributed by atoms with E-state index in [4.69, 9.17) is 0 Å². The lowest BCUT2D eigenvalue weighted by atomic mass is 10.2. The highest BCUT2D eigenvalue weighted by Crippen LogP contribution is 2.24. The van der Waals surface area contributed by atoms with Gasteiger partial charge in [0.25, 0.3) is 11.6 Å². The molecule has 0 atom stereocenters. The van der Waals surface area contributed by atoms with Crippen LogP contribution in [0.4, 0.5) is 11.5 Å². The predicted molar refractivity (Wildman–Crippen MR) is 116 cm³/mol. The molecule has 0 aliphatic heterocycles. The Balaban J connectivity index is 1.72. The van der Waals surface area contributed by atoms with E-state index in [1.165, 1.54) is 18.2 Å². The number of hydrogen-bond acceptors (Lipinski definition) is 8. The molecule has 3 aromatic rings. The van der Waals surface area contributed by atoms with Crippen LogP contribution in [-0.2, 0) is 6.54 Å². The highest BCUT2D eigenvalue weighted by Gasteiger charge is 2.14. The van der Waals surface area contributed by atoms with Crippen molar-refractivity contribution in [1.29, 1.82) is 0 Å². The molecule has 2 N–H and O–H groups in total. The fraction of sp³-hybridized carbons (Fsp3) is 0.368. The number of carbonyl (C=O) groups is 1. The van der Waals surface area contributed by atoms with E-state index in [-0.39, 0.29) is 17.2 Å². The average Bonchev–Trinajstić information content (AvgIpc) is 3.15. The molecule has 10 nitrogen and oxygen atoms in total. The molecular formula is C19H23N7O3S. The second-order valence-corrected chi connectivity index (χ2v) is 7.61. The Morgan fingerprint density at radius 3 is 2.83 bits per heavy atom. The number of amides is 1. The van der Waals surface area contributed by atoms with Crippen molar-refractivity contribution in [3.8, 4) is 0 Å². The van der Waals surface area contributed by atoms with Crippen LogP contribution in [0.25, 0.3) is 11.0 Å². The summed E-state index contributed by atoms with van der Waals surface area (Å²) in [4.78, 5) is 31.9. The lowest BCUT2D eigenvalue weighted by Crippen LogP contribution is -2.27. The van der Waals surface area contributed by atoms with Crippen LogP contribution in [-0.4, -0.2) is 49.4 Å². The number of benzene rings is 1. The zero-order valence-electron chi connectivity index (χ0n) is 16.8. The Morgan fingerprint density at radius 1 is 1.27 bits per heavy atom. The number of nitrogens with one attached hydrogen (secondary N) is 2. The van der Waals surface area contributed by atoms with E-state index in [0.717, 1.165) is 29.9 Å². The van der Waals surface area contributed by atoms with Crippen LogP contribution in [0.2, 0.25) is 0 Å². The van der Waals surface area contributed by atoms with Crippen LogP contribution in [0.3, 0.4) is 0 Å².